The largest absolute Gasteiger partial charge is 0.411 e. The maximum atomic E-state index is 13.7. The van der Waals surface area contributed by atoms with E-state index in [0.717, 1.165) is 11.1 Å². The van der Waals surface area contributed by atoms with Gasteiger partial charge in [-0.15, -0.1) is 0 Å². The molecule has 29 heavy (non-hydrogen) atoms. The summed E-state index contributed by atoms with van der Waals surface area (Å²) in [7, 11) is -2.02. The lowest BCUT2D eigenvalue weighted by atomic mass is 10.0. The van der Waals surface area contributed by atoms with E-state index in [0.29, 0.717) is 0 Å². The number of benzene rings is 2. The SMILES string of the molecule is CC=CC(C#N)(C=Cc1ccccc1)OP1(=O)OC(c2ccccc2)C(C)N1C. The quantitative estimate of drug-likeness (QED) is 0.450. The van der Waals surface area contributed by atoms with Crippen molar-refractivity contribution in [3.8, 4) is 6.07 Å². The van der Waals surface area contributed by atoms with Crippen molar-refractivity contribution < 1.29 is 13.6 Å². The Morgan fingerprint density at radius 3 is 2.34 bits per heavy atom. The Morgan fingerprint density at radius 1 is 1.14 bits per heavy atom. The van der Waals surface area contributed by atoms with Gasteiger partial charge in [0.05, 0.1) is 0 Å². The molecule has 1 fully saturated rings. The van der Waals surface area contributed by atoms with Crippen LogP contribution < -0.4 is 0 Å². The highest BCUT2D eigenvalue weighted by Gasteiger charge is 2.51. The number of nitriles is 1. The molecule has 2 aromatic carbocycles. The molecule has 0 N–H and O–H groups in total. The smallest absolute Gasteiger partial charge is 0.287 e. The Morgan fingerprint density at radius 2 is 1.76 bits per heavy atom. The zero-order valence-corrected chi connectivity index (χ0v) is 17.7. The third kappa shape index (κ3) is 4.58. The van der Waals surface area contributed by atoms with Gasteiger partial charge in [-0.1, -0.05) is 72.8 Å². The first-order valence-electron chi connectivity index (χ1n) is 9.50. The molecule has 0 radical (unpaired) electrons. The van der Waals surface area contributed by atoms with Crippen molar-refractivity contribution in [2.45, 2.75) is 31.6 Å². The average Bonchev–Trinajstić information content (AvgIpc) is 2.97. The maximum absolute atomic E-state index is 13.7. The fourth-order valence-electron chi connectivity index (χ4n) is 3.23. The lowest BCUT2D eigenvalue weighted by Crippen LogP contribution is -2.29. The van der Waals surface area contributed by atoms with Gasteiger partial charge in [-0.05, 0) is 44.2 Å². The predicted octanol–water partition coefficient (Wildman–Crippen LogP) is 5.75. The number of likely N-dealkylation sites (N-methyl/N-ethyl adjacent to an activating group) is 1. The summed E-state index contributed by atoms with van der Waals surface area (Å²) in [5.74, 6) is 0. The fourth-order valence-corrected chi connectivity index (χ4v) is 5.24. The summed E-state index contributed by atoms with van der Waals surface area (Å²) >= 11 is 0. The van der Waals surface area contributed by atoms with E-state index in [4.69, 9.17) is 9.05 Å². The molecular weight excluding hydrogens is 383 g/mol. The Kier molecular flexibility index (Phi) is 6.52. The number of hydrogen-bond donors (Lipinski definition) is 0. The summed E-state index contributed by atoms with van der Waals surface area (Å²) < 4.78 is 27.2. The van der Waals surface area contributed by atoms with E-state index in [-0.39, 0.29) is 6.04 Å². The van der Waals surface area contributed by atoms with Gasteiger partial charge < -0.3 is 0 Å². The Balaban J connectivity index is 1.92. The maximum Gasteiger partial charge on any atom is 0.411 e. The number of nitrogens with zero attached hydrogens (tertiary/aromatic N) is 2. The zero-order valence-electron chi connectivity index (χ0n) is 16.8. The van der Waals surface area contributed by atoms with E-state index in [1.54, 1.807) is 42.9 Å². The van der Waals surface area contributed by atoms with Crippen LogP contribution in [0.25, 0.3) is 6.08 Å². The van der Waals surface area contributed by atoms with E-state index < -0.39 is 19.5 Å². The molecule has 6 heteroatoms. The molecular formula is C23H25N2O3P. The Hall–Kier alpha value is -2.48. The normalized spacial score (nSPS) is 27.2. The van der Waals surface area contributed by atoms with Crippen molar-refractivity contribution in [2.24, 2.45) is 0 Å². The molecule has 1 saturated heterocycles. The summed E-state index contributed by atoms with van der Waals surface area (Å²) in [6, 6.07) is 21.2. The molecule has 0 bridgehead atoms. The van der Waals surface area contributed by atoms with E-state index in [1.807, 2.05) is 67.6 Å². The van der Waals surface area contributed by atoms with Crippen molar-refractivity contribution in [1.82, 2.24) is 4.67 Å². The third-order valence-corrected chi connectivity index (χ3v) is 7.13. The van der Waals surface area contributed by atoms with Crippen LogP contribution in [0, 0.1) is 11.3 Å². The Bertz CT molecular complexity index is 969. The minimum absolute atomic E-state index is 0.177. The molecule has 5 nitrogen and oxygen atoms in total. The molecule has 0 saturated carbocycles. The fraction of sp³-hybridized carbons (Fsp3) is 0.261. The van der Waals surface area contributed by atoms with E-state index >= 15 is 0 Å². The summed E-state index contributed by atoms with van der Waals surface area (Å²) in [4.78, 5) is 0. The van der Waals surface area contributed by atoms with Gasteiger partial charge in [0.2, 0.25) is 5.60 Å². The van der Waals surface area contributed by atoms with Crippen LogP contribution in [0.2, 0.25) is 0 Å². The second kappa shape index (κ2) is 8.90. The van der Waals surface area contributed by atoms with Gasteiger partial charge in [0.1, 0.15) is 12.2 Å². The lowest BCUT2D eigenvalue weighted by molar-refractivity contribution is 0.141. The molecule has 0 aromatic heterocycles. The molecule has 2 aromatic rings. The van der Waals surface area contributed by atoms with Gasteiger partial charge in [-0.2, -0.15) is 5.26 Å². The summed E-state index contributed by atoms with van der Waals surface area (Å²) in [5, 5.41) is 9.92. The van der Waals surface area contributed by atoms with Gasteiger partial charge in [-0.3, -0.25) is 9.05 Å². The number of hydrogen-bond acceptors (Lipinski definition) is 4. The van der Waals surface area contributed by atoms with E-state index in [9.17, 15) is 9.83 Å². The van der Waals surface area contributed by atoms with Crippen LogP contribution in [-0.2, 0) is 13.6 Å². The van der Waals surface area contributed by atoms with Gasteiger partial charge in [0.15, 0.2) is 0 Å². The molecule has 1 heterocycles. The van der Waals surface area contributed by atoms with Crippen molar-refractivity contribution in [1.29, 1.82) is 5.26 Å². The van der Waals surface area contributed by atoms with Crippen molar-refractivity contribution in [2.75, 3.05) is 7.05 Å². The first kappa shape index (κ1) is 21.2. The van der Waals surface area contributed by atoms with Gasteiger partial charge in [0.25, 0.3) is 0 Å². The summed E-state index contributed by atoms with van der Waals surface area (Å²) in [5.41, 5.74) is 0.316. The summed E-state index contributed by atoms with van der Waals surface area (Å²) in [6.45, 7) is 3.72. The first-order valence-corrected chi connectivity index (χ1v) is 11.0. The third-order valence-electron chi connectivity index (χ3n) is 4.97. The van der Waals surface area contributed by atoms with Crippen LogP contribution in [0.15, 0.2) is 78.9 Å². The molecule has 1 aliphatic heterocycles. The highest BCUT2D eigenvalue weighted by Crippen LogP contribution is 2.64. The minimum atomic E-state index is -3.72. The molecule has 3 rings (SSSR count). The molecule has 1 aliphatic rings. The van der Waals surface area contributed by atoms with Crippen LogP contribution in [0.1, 0.15) is 31.1 Å². The van der Waals surface area contributed by atoms with Crippen molar-refractivity contribution in [3.63, 3.8) is 0 Å². The monoisotopic (exact) mass is 408 g/mol. The molecule has 4 unspecified atom stereocenters. The standard InChI is InChI=1S/C23H25N2O3P/c1-4-16-23(18-24,17-15-20-11-7-5-8-12-20)28-29(26)25(3)19(2)22(27-29)21-13-9-6-10-14-21/h4-17,19,22H,1-3H3. The van der Waals surface area contributed by atoms with Crippen LogP contribution in [0.4, 0.5) is 0 Å². The number of rotatable bonds is 6. The Labute approximate surface area is 172 Å². The second-order valence-electron chi connectivity index (χ2n) is 6.96. The molecule has 0 aliphatic carbocycles. The first-order chi connectivity index (χ1) is 13.9. The van der Waals surface area contributed by atoms with Crippen LogP contribution in [0.5, 0.6) is 0 Å². The highest BCUT2D eigenvalue weighted by atomic mass is 31.2. The topological polar surface area (TPSA) is 62.6 Å². The van der Waals surface area contributed by atoms with Crippen molar-refractivity contribution >= 4 is 13.8 Å². The highest BCUT2D eigenvalue weighted by molar-refractivity contribution is 7.51. The van der Waals surface area contributed by atoms with E-state index in [2.05, 4.69) is 6.07 Å². The van der Waals surface area contributed by atoms with Gasteiger partial charge in [-0.25, -0.2) is 9.24 Å². The van der Waals surface area contributed by atoms with Crippen LogP contribution >= 0.6 is 7.75 Å². The van der Waals surface area contributed by atoms with E-state index in [1.165, 1.54) is 0 Å². The molecule has 0 amide bonds. The zero-order chi connectivity index (χ0) is 20.9. The molecule has 0 spiro atoms. The lowest BCUT2D eigenvalue weighted by Gasteiger charge is -2.27. The number of allylic oxidation sites excluding steroid dienone is 1. The van der Waals surface area contributed by atoms with Crippen molar-refractivity contribution in [3.05, 3.63) is 90.0 Å². The van der Waals surface area contributed by atoms with Crippen LogP contribution in [0.3, 0.4) is 0 Å². The summed E-state index contributed by atoms with van der Waals surface area (Å²) in [6.07, 6.45) is 6.28. The second-order valence-corrected chi connectivity index (χ2v) is 8.92. The minimum Gasteiger partial charge on any atom is -0.287 e. The van der Waals surface area contributed by atoms with Gasteiger partial charge in [0, 0.05) is 6.04 Å². The predicted molar refractivity (Wildman–Crippen MR) is 115 cm³/mol. The molecule has 4 atom stereocenters. The average molecular weight is 408 g/mol. The van der Waals surface area contributed by atoms with Crippen LogP contribution in [-0.4, -0.2) is 23.4 Å². The van der Waals surface area contributed by atoms with Gasteiger partial charge >= 0.3 is 7.75 Å². The molecule has 150 valence electrons.